The van der Waals surface area contributed by atoms with Gasteiger partial charge in [0, 0.05) is 55.4 Å². The molecule has 1 aromatic heterocycles. The number of carbonyl (C=O) groups excluding carboxylic acids is 1. The van der Waals surface area contributed by atoms with Gasteiger partial charge in [-0.2, -0.15) is 4.98 Å². The standard InChI is InChI=1S/C23H26ClN5O2/c1-17(23-26-22(27-31-23)18-5-3-2-4-6-18)29-15-13-28(14-16-29)12-11-21(30)25-20-9-7-19(24)8-10-20/h2-10,17H,11-16H2,1H3,(H,25,30). The zero-order valence-electron chi connectivity index (χ0n) is 17.5. The van der Waals surface area contributed by atoms with E-state index in [1.807, 2.05) is 30.3 Å². The molecule has 4 rings (SSSR count). The van der Waals surface area contributed by atoms with Crippen LogP contribution in [0.2, 0.25) is 5.02 Å². The van der Waals surface area contributed by atoms with E-state index in [0.29, 0.717) is 23.2 Å². The Hall–Kier alpha value is -2.74. The maximum absolute atomic E-state index is 12.2. The first-order valence-corrected chi connectivity index (χ1v) is 10.9. The van der Waals surface area contributed by atoms with Gasteiger partial charge in [0.25, 0.3) is 0 Å². The molecule has 0 spiro atoms. The number of piperazine rings is 1. The minimum Gasteiger partial charge on any atom is -0.337 e. The molecule has 2 aromatic carbocycles. The molecule has 1 N–H and O–H groups in total. The number of nitrogens with one attached hydrogen (secondary N) is 1. The molecule has 0 radical (unpaired) electrons. The molecule has 1 atom stereocenters. The lowest BCUT2D eigenvalue weighted by molar-refractivity contribution is -0.116. The monoisotopic (exact) mass is 439 g/mol. The molecule has 3 aromatic rings. The van der Waals surface area contributed by atoms with Crippen LogP contribution in [-0.2, 0) is 4.79 Å². The fourth-order valence-electron chi connectivity index (χ4n) is 3.66. The highest BCUT2D eigenvalue weighted by molar-refractivity contribution is 6.30. The van der Waals surface area contributed by atoms with Crippen molar-refractivity contribution in [3.8, 4) is 11.4 Å². The smallest absolute Gasteiger partial charge is 0.244 e. The highest BCUT2D eigenvalue weighted by atomic mass is 35.5. The molecule has 1 saturated heterocycles. The van der Waals surface area contributed by atoms with Crippen LogP contribution in [0.15, 0.2) is 59.1 Å². The van der Waals surface area contributed by atoms with E-state index in [0.717, 1.165) is 44.0 Å². The maximum atomic E-state index is 12.2. The quantitative estimate of drug-likeness (QED) is 0.597. The molecule has 0 bridgehead atoms. The summed E-state index contributed by atoms with van der Waals surface area (Å²) < 4.78 is 5.53. The third-order valence-electron chi connectivity index (χ3n) is 5.57. The number of nitrogens with zero attached hydrogens (tertiary/aromatic N) is 4. The first-order valence-electron chi connectivity index (χ1n) is 10.5. The van der Waals surface area contributed by atoms with Crippen LogP contribution in [0.5, 0.6) is 0 Å². The lowest BCUT2D eigenvalue weighted by Crippen LogP contribution is -2.47. The molecule has 1 amide bonds. The molecule has 1 aliphatic rings. The third kappa shape index (κ3) is 5.70. The van der Waals surface area contributed by atoms with Gasteiger partial charge < -0.3 is 14.7 Å². The summed E-state index contributed by atoms with van der Waals surface area (Å²) in [6.07, 6.45) is 0.461. The van der Waals surface area contributed by atoms with E-state index in [1.54, 1.807) is 24.3 Å². The Kier molecular flexibility index (Phi) is 6.96. The second-order valence-electron chi connectivity index (χ2n) is 7.68. The van der Waals surface area contributed by atoms with Crippen LogP contribution >= 0.6 is 11.6 Å². The van der Waals surface area contributed by atoms with Gasteiger partial charge in [-0.25, -0.2) is 0 Å². The Bertz CT molecular complexity index is 985. The summed E-state index contributed by atoms with van der Waals surface area (Å²) in [6, 6.07) is 17.0. The predicted octanol–water partition coefficient (Wildman–Crippen LogP) is 4.10. The highest BCUT2D eigenvalue weighted by Crippen LogP contribution is 2.23. The van der Waals surface area contributed by atoms with Crippen molar-refractivity contribution in [3.63, 3.8) is 0 Å². The fourth-order valence-corrected chi connectivity index (χ4v) is 3.78. The molecule has 0 aliphatic carbocycles. The van der Waals surface area contributed by atoms with E-state index >= 15 is 0 Å². The summed E-state index contributed by atoms with van der Waals surface area (Å²) in [5.41, 5.74) is 1.72. The number of carbonyl (C=O) groups is 1. The molecule has 7 nitrogen and oxygen atoms in total. The van der Waals surface area contributed by atoms with E-state index in [4.69, 9.17) is 16.1 Å². The molecule has 162 valence electrons. The van der Waals surface area contributed by atoms with Crippen molar-refractivity contribution in [2.24, 2.45) is 0 Å². The summed E-state index contributed by atoms with van der Waals surface area (Å²) >= 11 is 5.88. The Morgan fingerprint density at radius 3 is 2.52 bits per heavy atom. The summed E-state index contributed by atoms with van der Waals surface area (Å²) in [5.74, 6) is 1.26. The number of benzene rings is 2. The van der Waals surface area contributed by atoms with Crippen LogP contribution in [0, 0.1) is 0 Å². The maximum Gasteiger partial charge on any atom is 0.244 e. The second-order valence-corrected chi connectivity index (χ2v) is 8.12. The van der Waals surface area contributed by atoms with E-state index in [1.165, 1.54) is 0 Å². The first kappa shape index (κ1) is 21.5. The second kappa shape index (κ2) is 10.0. The molecular weight excluding hydrogens is 414 g/mol. The van der Waals surface area contributed by atoms with Gasteiger partial charge in [0.2, 0.25) is 17.6 Å². The van der Waals surface area contributed by atoms with Gasteiger partial charge in [-0.1, -0.05) is 47.1 Å². The first-order chi connectivity index (χ1) is 15.1. The molecule has 1 aliphatic heterocycles. The van der Waals surface area contributed by atoms with Gasteiger partial charge in [-0.3, -0.25) is 9.69 Å². The Morgan fingerprint density at radius 2 is 1.81 bits per heavy atom. The average Bonchev–Trinajstić information content (AvgIpc) is 3.30. The van der Waals surface area contributed by atoms with Crippen LogP contribution < -0.4 is 5.32 Å². The highest BCUT2D eigenvalue weighted by Gasteiger charge is 2.26. The zero-order valence-corrected chi connectivity index (χ0v) is 18.3. The van der Waals surface area contributed by atoms with Crippen molar-refractivity contribution in [2.45, 2.75) is 19.4 Å². The number of anilines is 1. The van der Waals surface area contributed by atoms with Crippen molar-refractivity contribution in [1.29, 1.82) is 0 Å². The number of halogens is 1. The van der Waals surface area contributed by atoms with Gasteiger partial charge >= 0.3 is 0 Å². The lowest BCUT2D eigenvalue weighted by atomic mass is 10.2. The number of amides is 1. The van der Waals surface area contributed by atoms with E-state index in [2.05, 4.69) is 32.2 Å². The van der Waals surface area contributed by atoms with Gasteiger partial charge in [0.1, 0.15) is 0 Å². The molecule has 8 heteroatoms. The van der Waals surface area contributed by atoms with E-state index in [-0.39, 0.29) is 11.9 Å². The summed E-state index contributed by atoms with van der Waals surface area (Å²) in [7, 11) is 0. The van der Waals surface area contributed by atoms with Gasteiger partial charge in [-0.05, 0) is 31.2 Å². The number of hydrogen-bond donors (Lipinski definition) is 1. The number of rotatable bonds is 7. The number of hydrogen-bond acceptors (Lipinski definition) is 6. The Labute approximate surface area is 187 Å². The van der Waals surface area contributed by atoms with Crippen LogP contribution in [0.3, 0.4) is 0 Å². The number of aromatic nitrogens is 2. The average molecular weight is 440 g/mol. The summed E-state index contributed by atoms with van der Waals surface area (Å²) in [5, 5.41) is 7.70. The van der Waals surface area contributed by atoms with Crippen molar-refractivity contribution in [1.82, 2.24) is 19.9 Å². The molecule has 1 fully saturated rings. The van der Waals surface area contributed by atoms with Gasteiger partial charge in [0.05, 0.1) is 6.04 Å². The largest absolute Gasteiger partial charge is 0.337 e. The SMILES string of the molecule is CC(c1nc(-c2ccccc2)no1)N1CCN(CCC(=O)Nc2ccc(Cl)cc2)CC1. The summed E-state index contributed by atoms with van der Waals surface area (Å²) in [4.78, 5) is 21.4. The molecule has 1 unspecified atom stereocenters. The van der Waals surface area contributed by atoms with Crippen molar-refractivity contribution in [3.05, 3.63) is 65.5 Å². The van der Waals surface area contributed by atoms with Gasteiger partial charge in [0.15, 0.2) is 0 Å². The van der Waals surface area contributed by atoms with Crippen molar-refractivity contribution in [2.75, 3.05) is 38.0 Å². The predicted molar refractivity (Wildman–Crippen MR) is 121 cm³/mol. The molecule has 31 heavy (non-hydrogen) atoms. The van der Waals surface area contributed by atoms with Crippen LogP contribution in [0.1, 0.15) is 25.3 Å². The zero-order chi connectivity index (χ0) is 21.6. The molecular formula is C23H26ClN5O2. The topological polar surface area (TPSA) is 74.5 Å². The van der Waals surface area contributed by atoms with Crippen LogP contribution in [0.4, 0.5) is 5.69 Å². The third-order valence-corrected chi connectivity index (χ3v) is 5.82. The van der Waals surface area contributed by atoms with Crippen molar-refractivity contribution >= 4 is 23.2 Å². The van der Waals surface area contributed by atoms with Crippen LogP contribution in [0.25, 0.3) is 11.4 Å². The minimum atomic E-state index is 0.0115. The van der Waals surface area contributed by atoms with Gasteiger partial charge in [-0.15, -0.1) is 0 Å². The Balaban J connectivity index is 1.22. The lowest BCUT2D eigenvalue weighted by Gasteiger charge is -2.36. The molecule has 0 saturated carbocycles. The van der Waals surface area contributed by atoms with E-state index in [9.17, 15) is 4.79 Å². The minimum absolute atomic E-state index is 0.0115. The molecule has 2 heterocycles. The Morgan fingerprint density at radius 1 is 1.10 bits per heavy atom. The van der Waals surface area contributed by atoms with Crippen molar-refractivity contribution < 1.29 is 9.32 Å². The fraction of sp³-hybridized carbons (Fsp3) is 0.348. The summed E-state index contributed by atoms with van der Waals surface area (Å²) in [6.45, 7) is 6.42. The van der Waals surface area contributed by atoms with Crippen LogP contribution in [-0.4, -0.2) is 58.6 Å². The normalized spacial score (nSPS) is 16.2. The van der Waals surface area contributed by atoms with E-state index < -0.39 is 0 Å².